The molecule has 0 saturated carbocycles. The number of urea groups is 1. The van der Waals surface area contributed by atoms with Crippen LogP contribution in [-0.2, 0) is 6.54 Å². The van der Waals surface area contributed by atoms with Crippen molar-refractivity contribution in [3.05, 3.63) is 65.2 Å². The van der Waals surface area contributed by atoms with Gasteiger partial charge >= 0.3 is 6.03 Å². The number of anilines is 1. The van der Waals surface area contributed by atoms with Crippen LogP contribution in [0.25, 0.3) is 0 Å². The van der Waals surface area contributed by atoms with Crippen LogP contribution in [0.5, 0.6) is 0 Å². The Morgan fingerprint density at radius 3 is 2.19 bits per heavy atom. The molecule has 3 amide bonds. The number of rotatable bonds is 4. The van der Waals surface area contributed by atoms with E-state index < -0.39 is 6.03 Å². The molecule has 0 radical (unpaired) electrons. The summed E-state index contributed by atoms with van der Waals surface area (Å²) in [5.41, 5.74) is 8.32. The van der Waals surface area contributed by atoms with Gasteiger partial charge in [0, 0.05) is 17.8 Å². The van der Waals surface area contributed by atoms with Crippen molar-refractivity contribution < 1.29 is 9.59 Å². The van der Waals surface area contributed by atoms with Crippen molar-refractivity contribution in [2.75, 3.05) is 5.32 Å². The smallest absolute Gasteiger partial charge is 0.312 e. The summed E-state index contributed by atoms with van der Waals surface area (Å²) < 4.78 is 0. The number of primary amides is 1. The first-order valence-electron chi connectivity index (χ1n) is 6.55. The number of benzene rings is 2. The molecule has 0 heterocycles. The normalized spacial score (nSPS) is 9.95. The Hall–Kier alpha value is -2.82. The second-order valence-electron chi connectivity index (χ2n) is 4.73. The van der Waals surface area contributed by atoms with Gasteiger partial charge in [0.1, 0.15) is 0 Å². The van der Waals surface area contributed by atoms with Crippen LogP contribution in [0.4, 0.5) is 10.5 Å². The van der Waals surface area contributed by atoms with E-state index in [0.717, 1.165) is 16.8 Å². The van der Waals surface area contributed by atoms with E-state index in [1.807, 2.05) is 31.2 Å². The Morgan fingerprint density at radius 2 is 1.62 bits per heavy atom. The Morgan fingerprint density at radius 1 is 1.00 bits per heavy atom. The van der Waals surface area contributed by atoms with Gasteiger partial charge in [-0.05, 0) is 36.8 Å². The summed E-state index contributed by atoms with van der Waals surface area (Å²) in [4.78, 5) is 22.7. The zero-order chi connectivity index (χ0) is 15.2. The van der Waals surface area contributed by atoms with Crippen molar-refractivity contribution in [2.45, 2.75) is 13.5 Å². The van der Waals surface area contributed by atoms with Gasteiger partial charge in [0.05, 0.1) is 0 Å². The van der Waals surface area contributed by atoms with Crippen LogP contribution in [0, 0.1) is 6.92 Å². The Kier molecular flexibility index (Phi) is 4.56. The van der Waals surface area contributed by atoms with Gasteiger partial charge < -0.3 is 16.4 Å². The second-order valence-corrected chi connectivity index (χ2v) is 4.73. The molecule has 0 spiro atoms. The molecule has 2 aromatic carbocycles. The van der Waals surface area contributed by atoms with Gasteiger partial charge in [-0.15, -0.1) is 0 Å². The van der Waals surface area contributed by atoms with Crippen molar-refractivity contribution in [3.8, 4) is 0 Å². The van der Waals surface area contributed by atoms with E-state index in [2.05, 4.69) is 10.6 Å². The molecule has 0 aliphatic heterocycles. The molecule has 0 bridgehead atoms. The summed E-state index contributed by atoms with van der Waals surface area (Å²) >= 11 is 0. The molecule has 0 aliphatic carbocycles. The molecule has 2 aromatic rings. The van der Waals surface area contributed by atoms with Gasteiger partial charge in [0.15, 0.2) is 0 Å². The molecule has 5 nitrogen and oxygen atoms in total. The summed E-state index contributed by atoms with van der Waals surface area (Å²) in [7, 11) is 0. The first-order chi connectivity index (χ1) is 10.0. The van der Waals surface area contributed by atoms with Crippen LogP contribution in [0.2, 0.25) is 0 Å². The summed E-state index contributed by atoms with van der Waals surface area (Å²) in [6, 6.07) is 14.0. The molecule has 0 saturated heterocycles. The monoisotopic (exact) mass is 283 g/mol. The maximum absolute atomic E-state index is 12.1. The number of amides is 3. The van der Waals surface area contributed by atoms with E-state index in [-0.39, 0.29) is 5.91 Å². The average molecular weight is 283 g/mol. The zero-order valence-electron chi connectivity index (χ0n) is 11.7. The number of carbonyl (C=O) groups excluding carboxylic acids is 2. The van der Waals surface area contributed by atoms with Crippen LogP contribution in [-0.4, -0.2) is 11.9 Å². The lowest BCUT2D eigenvalue weighted by molar-refractivity contribution is 0.102. The number of hydrogen-bond donors (Lipinski definition) is 3. The predicted molar refractivity (Wildman–Crippen MR) is 82.0 cm³/mol. The largest absolute Gasteiger partial charge is 0.352 e. The van der Waals surface area contributed by atoms with E-state index in [1.165, 1.54) is 0 Å². The minimum atomic E-state index is -0.573. The van der Waals surface area contributed by atoms with Crippen molar-refractivity contribution in [2.24, 2.45) is 5.73 Å². The lowest BCUT2D eigenvalue weighted by Crippen LogP contribution is -2.28. The average Bonchev–Trinajstić information content (AvgIpc) is 2.48. The fraction of sp³-hybridized carbons (Fsp3) is 0.125. The van der Waals surface area contributed by atoms with Crippen molar-refractivity contribution in [1.29, 1.82) is 0 Å². The Labute approximate surface area is 123 Å². The fourth-order valence-electron chi connectivity index (χ4n) is 1.80. The number of nitrogens with two attached hydrogens (primary N) is 1. The number of carbonyl (C=O) groups is 2. The highest BCUT2D eigenvalue weighted by molar-refractivity contribution is 6.04. The van der Waals surface area contributed by atoms with Crippen LogP contribution in [0.1, 0.15) is 21.5 Å². The quantitative estimate of drug-likeness (QED) is 0.805. The molecule has 21 heavy (non-hydrogen) atoms. The molecule has 0 aliphatic rings. The SMILES string of the molecule is Cc1ccc(NC(=O)c2ccc(CNC(N)=O)cc2)cc1. The molecule has 2 rings (SSSR count). The molecule has 0 unspecified atom stereocenters. The minimum absolute atomic E-state index is 0.173. The topological polar surface area (TPSA) is 84.2 Å². The molecule has 0 fully saturated rings. The van der Waals surface area contributed by atoms with E-state index in [1.54, 1.807) is 24.3 Å². The highest BCUT2D eigenvalue weighted by Crippen LogP contribution is 2.11. The summed E-state index contributed by atoms with van der Waals surface area (Å²) in [5.74, 6) is -0.173. The first kappa shape index (κ1) is 14.6. The Bertz CT molecular complexity index is 634. The molecule has 4 N–H and O–H groups in total. The summed E-state index contributed by atoms with van der Waals surface area (Å²) in [6.07, 6.45) is 0. The first-order valence-corrected chi connectivity index (χ1v) is 6.55. The van der Waals surface area contributed by atoms with Crippen LogP contribution in [0.15, 0.2) is 48.5 Å². The lowest BCUT2D eigenvalue weighted by Gasteiger charge is -2.07. The third kappa shape index (κ3) is 4.35. The van der Waals surface area contributed by atoms with Crippen molar-refractivity contribution in [3.63, 3.8) is 0 Å². The predicted octanol–water partition coefficient (Wildman–Crippen LogP) is 2.42. The standard InChI is InChI=1S/C16H17N3O2/c1-11-2-8-14(9-3-11)19-15(20)13-6-4-12(5-7-13)10-18-16(17)21/h2-9H,10H2,1H3,(H,19,20)(H3,17,18,21). The fourth-order valence-corrected chi connectivity index (χ4v) is 1.80. The van der Waals surface area contributed by atoms with Crippen LogP contribution in [0.3, 0.4) is 0 Å². The molecular formula is C16H17N3O2. The Balaban J connectivity index is 1.99. The summed E-state index contributed by atoms with van der Waals surface area (Å²) in [6.45, 7) is 2.33. The van der Waals surface area contributed by atoms with E-state index in [0.29, 0.717) is 12.1 Å². The van der Waals surface area contributed by atoms with E-state index in [9.17, 15) is 9.59 Å². The van der Waals surface area contributed by atoms with Gasteiger partial charge in [-0.3, -0.25) is 4.79 Å². The van der Waals surface area contributed by atoms with Crippen molar-refractivity contribution >= 4 is 17.6 Å². The molecule has 108 valence electrons. The van der Waals surface area contributed by atoms with E-state index in [4.69, 9.17) is 5.73 Å². The molecule has 0 aromatic heterocycles. The van der Waals surface area contributed by atoms with Gasteiger partial charge in [-0.1, -0.05) is 29.8 Å². The maximum atomic E-state index is 12.1. The highest BCUT2D eigenvalue weighted by atomic mass is 16.2. The van der Waals surface area contributed by atoms with Gasteiger partial charge in [0.25, 0.3) is 5.91 Å². The molecule has 5 heteroatoms. The maximum Gasteiger partial charge on any atom is 0.312 e. The van der Waals surface area contributed by atoms with Gasteiger partial charge in [-0.2, -0.15) is 0 Å². The lowest BCUT2D eigenvalue weighted by atomic mass is 10.1. The number of aryl methyl sites for hydroxylation is 1. The van der Waals surface area contributed by atoms with Crippen LogP contribution < -0.4 is 16.4 Å². The van der Waals surface area contributed by atoms with Crippen LogP contribution >= 0.6 is 0 Å². The second kappa shape index (κ2) is 6.56. The zero-order valence-corrected chi connectivity index (χ0v) is 11.7. The third-order valence-electron chi connectivity index (χ3n) is 2.99. The molecular weight excluding hydrogens is 266 g/mol. The molecule has 0 atom stereocenters. The number of hydrogen-bond acceptors (Lipinski definition) is 2. The summed E-state index contributed by atoms with van der Waals surface area (Å²) in [5, 5.41) is 5.32. The minimum Gasteiger partial charge on any atom is -0.352 e. The highest BCUT2D eigenvalue weighted by Gasteiger charge is 2.06. The van der Waals surface area contributed by atoms with E-state index >= 15 is 0 Å². The third-order valence-corrected chi connectivity index (χ3v) is 2.99. The van der Waals surface area contributed by atoms with Gasteiger partial charge in [0.2, 0.25) is 0 Å². The number of nitrogens with one attached hydrogen (secondary N) is 2. The van der Waals surface area contributed by atoms with Gasteiger partial charge in [-0.25, -0.2) is 4.79 Å². The van der Waals surface area contributed by atoms with Crippen molar-refractivity contribution in [1.82, 2.24) is 5.32 Å².